The minimum absolute atomic E-state index is 0.0174. The molecule has 0 aliphatic carbocycles. The molecule has 482 valence electrons. The number of nitrogens with two attached hydrogens (primary N) is 1. The van der Waals surface area contributed by atoms with Crippen LogP contribution in [0.1, 0.15) is 171 Å². The smallest absolute Gasteiger partial charge is 0.353 e. The van der Waals surface area contributed by atoms with Crippen LogP contribution in [0.25, 0.3) is 11.2 Å². The minimum atomic E-state index is -4.20. The molecule has 0 fully saturated rings. The summed E-state index contributed by atoms with van der Waals surface area (Å²) < 4.78 is 25.5. The number of carbonyl (C=O) groups excluding carboxylic acids is 6. The van der Waals surface area contributed by atoms with Gasteiger partial charge in [-0.2, -0.15) is 0 Å². The van der Waals surface area contributed by atoms with Gasteiger partial charge in [0.05, 0.1) is 25.6 Å². The SMILES string of the molecule is CCCCCCCCCCCCCCCC(=O)N[C@@H](CSSCCOP(=O)(O)CO[C@@H](C)Cn1cnc2c(N)ncnc21)C(=O)N[C@H](C(=O)N[C@H](C(=O)N[C@H](C(=O)N[C@@H](CCC(=O)O)C(=O)N[C@@H](CCC(=O)O)C(=O)O)C(C)C)C(C)C)C(C)C. The minimum Gasteiger partial charge on any atom is -0.481 e. The number of aliphatic carboxylic acids is 3. The van der Waals surface area contributed by atoms with Crippen molar-refractivity contribution in [1.29, 1.82) is 0 Å². The first-order chi connectivity index (χ1) is 40.2. The van der Waals surface area contributed by atoms with Crippen molar-refractivity contribution >= 4 is 99.5 Å². The lowest BCUT2D eigenvalue weighted by molar-refractivity contribution is -0.144. The van der Waals surface area contributed by atoms with E-state index in [0.29, 0.717) is 17.6 Å². The van der Waals surface area contributed by atoms with E-state index in [2.05, 4.69) is 53.8 Å². The first-order valence-electron chi connectivity index (χ1n) is 29.4. The molecule has 2 rings (SSSR count). The normalized spacial score (nSPS) is 14.8. The number of anilines is 1. The molecule has 0 aromatic carbocycles. The molecule has 2 aromatic rings. The number of nitrogens with one attached hydrogen (secondary N) is 6. The van der Waals surface area contributed by atoms with Gasteiger partial charge in [0.2, 0.25) is 35.4 Å². The monoisotopic (exact) mass is 1260 g/mol. The van der Waals surface area contributed by atoms with E-state index < -0.39 is 147 Å². The van der Waals surface area contributed by atoms with Gasteiger partial charge in [-0.25, -0.2) is 19.7 Å². The number of imidazole rings is 1. The Bertz CT molecular complexity index is 2490. The van der Waals surface area contributed by atoms with Crippen molar-refractivity contribution < 1.29 is 77.2 Å². The van der Waals surface area contributed by atoms with Gasteiger partial charge >= 0.3 is 25.5 Å². The molecule has 27 nitrogen and oxygen atoms in total. The molecule has 0 aliphatic heterocycles. The summed E-state index contributed by atoms with van der Waals surface area (Å²) in [4.78, 5) is 140. The Balaban J connectivity index is 2.15. The third kappa shape index (κ3) is 30.5. The zero-order chi connectivity index (χ0) is 63.6. The molecule has 6 amide bonds. The highest BCUT2D eigenvalue weighted by Crippen LogP contribution is 2.42. The van der Waals surface area contributed by atoms with Gasteiger partial charge in [-0.1, -0.05) is 147 Å². The third-order valence-corrected chi connectivity index (χ3v) is 17.1. The van der Waals surface area contributed by atoms with Crippen molar-refractivity contribution in [2.75, 3.05) is 30.2 Å². The van der Waals surface area contributed by atoms with E-state index in [0.717, 1.165) is 25.7 Å². The lowest BCUT2D eigenvalue weighted by atomic mass is 9.97. The number of carboxylic acids is 3. The Morgan fingerprint density at radius 2 is 1.07 bits per heavy atom. The molecule has 2 aromatic heterocycles. The average Bonchev–Trinajstić information content (AvgIpc) is 3.68. The molecule has 12 N–H and O–H groups in total. The predicted molar refractivity (Wildman–Crippen MR) is 324 cm³/mol. The maximum Gasteiger partial charge on any atom is 0.353 e. The second-order valence-corrected chi connectivity index (χ2v) is 26.6. The number of aromatic nitrogens is 4. The summed E-state index contributed by atoms with van der Waals surface area (Å²) in [6.45, 7) is 13.7. The van der Waals surface area contributed by atoms with Crippen LogP contribution in [0.4, 0.5) is 5.82 Å². The molecule has 85 heavy (non-hydrogen) atoms. The van der Waals surface area contributed by atoms with E-state index in [9.17, 15) is 62.8 Å². The van der Waals surface area contributed by atoms with Gasteiger partial charge < -0.3 is 71.7 Å². The van der Waals surface area contributed by atoms with Gasteiger partial charge in [-0.3, -0.25) is 42.9 Å². The highest BCUT2D eigenvalue weighted by Gasteiger charge is 2.36. The molecule has 0 spiro atoms. The van der Waals surface area contributed by atoms with Gasteiger partial charge in [0, 0.05) is 30.8 Å². The molecule has 1 unspecified atom stereocenters. The molecular weight excluding hydrogens is 1170 g/mol. The highest BCUT2D eigenvalue weighted by molar-refractivity contribution is 8.76. The number of rotatable bonds is 47. The first-order valence-corrected chi connectivity index (χ1v) is 33.6. The summed E-state index contributed by atoms with van der Waals surface area (Å²) >= 11 is 0. The Labute approximate surface area is 506 Å². The second kappa shape index (κ2) is 40.7. The van der Waals surface area contributed by atoms with E-state index in [1.165, 1.54) is 85.6 Å². The standard InChI is InChI=1S/C55H94N11O16PS2/c1-9-10-11-12-13-14-15-16-17-18-19-20-21-22-41(67)60-40(30-85-84-28-27-82-83(79,80)33-81-37(8)29-66-32-59-47-48(56)57-31-58-49(47)66)51(73)63-45(35(4)5)53(75)65-46(36(6)7)54(76)64-44(34(2)3)52(74)61-38(23-25-42(68)69)50(72)62-39(55(77)78)24-26-43(70)71/h31-32,34-40,44-46H,9-30,33H2,1-8H3,(H,60,67)(H,61,74)(H,62,72)(H,63,73)(H,64,76)(H,65,75)(H,68,69)(H,70,71)(H,77,78)(H,79,80)(H2,56,57,58)/t37-,38-,39-,40-,44-,45-,46-/m0/s1. The fourth-order valence-electron chi connectivity index (χ4n) is 8.70. The fraction of sp³-hybridized carbons (Fsp3) is 0.745. The summed E-state index contributed by atoms with van der Waals surface area (Å²) in [6.07, 6.45) is 14.2. The van der Waals surface area contributed by atoms with Crippen LogP contribution >= 0.6 is 29.2 Å². The maximum absolute atomic E-state index is 14.2. The number of ether oxygens (including phenoxy) is 1. The number of hydrogen-bond donors (Lipinski definition) is 11. The van der Waals surface area contributed by atoms with Crippen LogP contribution in [0.15, 0.2) is 12.7 Å². The molecule has 0 saturated heterocycles. The first kappa shape index (κ1) is 75.5. The van der Waals surface area contributed by atoms with E-state index in [1.54, 1.807) is 53.0 Å². The molecule has 2 heterocycles. The van der Waals surface area contributed by atoms with Crippen LogP contribution in [0.3, 0.4) is 0 Å². The Hall–Kier alpha value is -5.61. The van der Waals surface area contributed by atoms with Gasteiger partial charge in [0.25, 0.3) is 0 Å². The third-order valence-electron chi connectivity index (χ3n) is 13.6. The lowest BCUT2D eigenvalue weighted by Crippen LogP contribution is -2.62. The summed E-state index contributed by atoms with van der Waals surface area (Å²) in [5, 5.41) is 43.4. The maximum atomic E-state index is 14.2. The molecule has 0 aliphatic rings. The number of amides is 6. The van der Waals surface area contributed by atoms with E-state index in [4.69, 9.17) is 20.1 Å². The number of carbonyl (C=O) groups is 9. The quantitative estimate of drug-likeness (QED) is 0.0220. The number of nitrogens with zero attached hydrogens (tertiary/aromatic N) is 4. The van der Waals surface area contributed by atoms with Crippen molar-refractivity contribution in [3.05, 3.63) is 12.7 Å². The van der Waals surface area contributed by atoms with Gasteiger partial charge in [-0.15, -0.1) is 0 Å². The summed E-state index contributed by atoms with van der Waals surface area (Å²) in [6, 6.07) is -8.37. The van der Waals surface area contributed by atoms with Crippen LogP contribution in [0.2, 0.25) is 0 Å². The Kier molecular flexibility index (Phi) is 36.2. The van der Waals surface area contributed by atoms with Crippen LogP contribution in [0, 0.1) is 17.8 Å². The summed E-state index contributed by atoms with van der Waals surface area (Å²) in [5.41, 5.74) is 6.77. The Morgan fingerprint density at radius 1 is 0.600 bits per heavy atom. The Morgan fingerprint density at radius 3 is 1.58 bits per heavy atom. The van der Waals surface area contributed by atoms with Crippen LogP contribution in [-0.2, 0) is 63.5 Å². The van der Waals surface area contributed by atoms with Crippen LogP contribution < -0.4 is 37.6 Å². The molecule has 0 saturated carbocycles. The van der Waals surface area contributed by atoms with E-state index in [1.807, 2.05) is 0 Å². The van der Waals surface area contributed by atoms with Crippen molar-refractivity contribution in [1.82, 2.24) is 51.4 Å². The molecular formula is C55H94N11O16PS2. The second-order valence-electron chi connectivity index (χ2n) is 22.1. The summed E-state index contributed by atoms with van der Waals surface area (Å²) in [5.74, 6) is -10.3. The number of carboxylic acid groups (broad SMARTS) is 3. The van der Waals surface area contributed by atoms with Gasteiger partial charge in [-0.05, 0) is 43.9 Å². The zero-order valence-corrected chi connectivity index (χ0v) is 53.0. The van der Waals surface area contributed by atoms with Crippen molar-refractivity contribution in [3.8, 4) is 0 Å². The number of fused-ring (bicyclic) bond motifs is 1. The summed E-state index contributed by atoms with van der Waals surface area (Å²) in [7, 11) is -1.78. The number of hydrogen-bond acceptors (Lipinski definition) is 18. The highest BCUT2D eigenvalue weighted by atomic mass is 33.1. The predicted octanol–water partition coefficient (Wildman–Crippen LogP) is 5.53. The lowest BCUT2D eigenvalue weighted by Gasteiger charge is -2.30. The molecule has 0 radical (unpaired) electrons. The van der Waals surface area contributed by atoms with Gasteiger partial charge in [0.15, 0.2) is 11.5 Å². The molecule has 0 bridgehead atoms. The molecule has 30 heteroatoms. The topological polar surface area (TPSA) is 412 Å². The average molecular weight is 1260 g/mol. The van der Waals surface area contributed by atoms with Gasteiger partial charge in [0.1, 0.15) is 54.4 Å². The zero-order valence-electron chi connectivity index (χ0n) is 50.5. The number of unbranched alkanes of at least 4 members (excludes halogenated alkanes) is 12. The molecule has 8 atom stereocenters. The van der Waals surface area contributed by atoms with E-state index in [-0.39, 0.29) is 42.8 Å². The van der Waals surface area contributed by atoms with Crippen molar-refractivity contribution in [2.45, 2.75) is 220 Å². The van der Waals surface area contributed by atoms with Crippen LogP contribution in [-0.4, -0.2) is 160 Å². The largest absolute Gasteiger partial charge is 0.481 e. The number of nitrogen functional groups attached to an aromatic ring is 1. The van der Waals surface area contributed by atoms with E-state index >= 15 is 0 Å². The fourth-order valence-corrected chi connectivity index (χ4v) is 11.7. The van der Waals surface area contributed by atoms with Crippen LogP contribution in [0.5, 0.6) is 0 Å². The van der Waals surface area contributed by atoms with Crippen molar-refractivity contribution in [2.24, 2.45) is 17.8 Å². The van der Waals surface area contributed by atoms with Crippen molar-refractivity contribution in [3.63, 3.8) is 0 Å².